The van der Waals surface area contributed by atoms with Gasteiger partial charge in [-0.25, -0.2) is 0 Å². The second-order valence-electron chi connectivity index (χ2n) is 4.14. The summed E-state index contributed by atoms with van der Waals surface area (Å²) in [7, 11) is 0. The number of carbonyl (C=O) groups excluding carboxylic acids is 1. The Kier molecular flexibility index (Phi) is 3.20. The van der Waals surface area contributed by atoms with Crippen LogP contribution in [-0.2, 0) is 11.2 Å². The normalized spacial score (nSPS) is 11.6. The molecular formula is C10H15NOS. The highest BCUT2D eigenvalue weighted by molar-refractivity contribution is 7.09. The fraction of sp³-hybridized carbons (Fsp3) is 0.600. The first-order valence-corrected chi connectivity index (χ1v) is 5.29. The van der Waals surface area contributed by atoms with E-state index in [1.54, 1.807) is 16.8 Å². The van der Waals surface area contributed by atoms with Crippen molar-refractivity contribution >= 4 is 17.1 Å². The highest BCUT2D eigenvalue weighted by atomic mass is 32.1. The summed E-state index contributed by atoms with van der Waals surface area (Å²) < 4.78 is 0. The van der Waals surface area contributed by atoms with E-state index in [-0.39, 0.29) is 5.41 Å². The molecule has 13 heavy (non-hydrogen) atoms. The van der Waals surface area contributed by atoms with Crippen molar-refractivity contribution in [2.45, 2.75) is 33.6 Å². The third-order valence-electron chi connectivity index (χ3n) is 1.92. The number of Topliss-reactive ketones (excluding diaryl/α,β-unsaturated/α-hetero) is 1. The number of thiazole rings is 1. The maximum atomic E-state index is 11.5. The van der Waals surface area contributed by atoms with Crippen molar-refractivity contribution in [2.24, 2.45) is 5.41 Å². The second-order valence-corrected chi connectivity index (χ2v) is 5.11. The van der Waals surface area contributed by atoms with Crippen LogP contribution in [0.3, 0.4) is 0 Å². The molecule has 0 aliphatic heterocycles. The molecule has 0 amide bonds. The molecule has 0 radical (unpaired) electrons. The molecule has 0 bridgehead atoms. The van der Waals surface area contributed by atoms with E-state index < -0.39 is 0 Å². The van der Waals surface area contributed by atoms with Crippen LogP contribution in [0.4, 0.5) is 0 Å². The minimum Gasteiger partial charge on any atom is -0.299 e. The first kappa shape index (κ1) is 10.4. The van der Waals surface area contributed by atoms with Crippen LogP contribution >= 0.6 is 11.3 Å². The van der Waals surface area contributed by atoms with Crippen molar-refractivity contribution < 1.29 is 4.79 Å². The lowest BCUT2D eigenvalue weighted by molar-refractivity contribution is -0.126. The summed E-state index contributed by atoms with van der Waals surface area (Å²) in [6.45, 7) is 5.88. The number of nitrogens with zero attached hydrogens (tertiary/aromatic N) is 1. The van der Waals surface area contributed by atoms with E-state index >= 15 is 0 Å². The highest BCUT2D eigenvalue weighted by Crippen LogP contribution is 2.19. The number of hydrogen-bond donors (Lipinski definition) is 0. The van der Waals surface area contributed by atoms with E-state index in [2.05, 4.69) is 4.98 Å². The first-order valence-electron chi connectivity index (χ1n) is 4.41. The summed E-state index contributed by atoms with van der Waals surface area (Å²) in [4.78, 5) is 16.7. The Bertz CT molecular complexity index is 272. The van der Waals surface area contributed by atoms with E-state index in [1.165, 1.54) is 4.88 Å². The van der Waals surface area contributed by atoms with Crippen LogP contribution in [0.15, 0.2) is 11.7 Å². The summed E-state index contributed by atoms with van der Waals surface area (Å²) in [5.41, 5.74) is 1.60. The average Bonchev–Trinajstić information content (AvgIpc) is 2.50. The van der Waals surface area contributed by atoms with Crippen LogP contribution in [0.25, 0.3) is 0 Å². The molecule has 1 rings (SSSR count). The van der Waals surface area contributed by atoms with Gasteiger partial charge in [0, 0.05) is 22.9 Å². The van der Waals surface area contributed by atoms with Crippen LogP contribution in [-0.4, -0.2) is 10.8 Å². The van der Waals surface area contributed by atoms with Gasteiger partial charge in [-0.3, -0.25) is 9.78 Å². The van der Waals surface area contributed by atoms with Crippen molar-refractivity contribution in [3.05, 3.63) is 16.6 Å². The summed E-state index contributed by atoms with van der Waals surface area (Å²) in [5.74, 6) is 0.320. The van der Waals surface area contributed by atoms with E-state index in [9.17, 15) is 4.79 Å². The second kappa shape index (κ2) is 4.01. The van der Waals surface area contributed by atoms with Gasteiger partial charge in [-0.2, -0.15) is 0 Å². The largest absolute Gasteiger partial charge is 0.299 e. The van der Waals surface area contributed by atoms with Gasteiger partial charge in [-0.15, -0.1) is 11.3 Å². The van der Waals surface area contributed by atoms with Crippen LogP contribution in [0.2, 0.25) is 0 Å². The van der Waals surface area contributed by atoms with Crippen molar-refractivity contribution in [1.29, 1.82) is 0 Å². The zero-order chi connectivity index (χ0) is 9.90. The summed E-state index contributed by atoms with van der Waals surface area (Å²) in [6, 6.07) is 0. The van der Waals surface area contributed by atoms with E-state index in [1.807, 2.05) is 27.0 Å². The highest BCUT2D eigenvalue weighted by Gasteiger charge is 2.20. The van der Waals surface area contributed by atoms with Gasteiger partial charge in [0.15, 0.2) is 0 Å². The Balaban J connectivity index is 2.40. The van der Waals surface area contributed by atoms with Crippen LogP contribution in [0, 0.1) is 5.41 Å². The summed E-state index contributed by atoms with van der Waals surface area (Å²) >= 11 is 1.61. The van der Waals surface area contributed by atoms with Crippen LogP contribution < -0.4 is 0 Å². The monoisotopic (exact) mass is 197 g/mol. The molecule has 0 N–H and O–H groups in total. The number of hydrogen-bond acceptors (Lipinski definition) is 3. The lowest BCUT2D eigenvalue weighted by atomic mass is 9.88. The number of aromatic nitrogens is 1. The van der Waals surface area contributed by atoms with Gasteiger partial charge in [0.1, 0.15) is 5.78 Å². The molecule has 1 heterocycles. The van der Waals surface area contributed by atoms with Gasteiger partial charge in [0.25, 0.3) is 0 Å². The van der Waals surface area contributed by atoms with Crippen molar-refractivity contribution in [1.82, 2.24) is 4.98 Å². The molecule has 0 fully saturated rings. The van der Waals surface area contributed by atoms with Crippen molar-refractivity contribution in [3.8, 4) is 0 Å². The van der Waals surface area contributed by atoms with E-state index in [0.29, 0.717) is 12.2 Å². The molecule has 0 aliphatic rings. The molecular weight excluding hydrogens is 182 g/mol. The minimum atomic E-state index is -0.204. The summed E-state index contributed by atoms with van der Waals surface area (Å²) in [6.07, 6.45) is 3.30. The SMILES string of the molecule is CC(C)(C)C(=O)CCc1cncs1. The Morgan fingerprint density at radius 2 is 2.23 bits per heavy atom. The third-order valence-corrected chi connectivity index (χ3v) is 2.76. The van der Waals surface area contributed by atoms with Crippen LogP contribution in [0.1, 0.15) is 32.1 Å². The molecule has 0 saturated carbocycles. The fourth-order valence-electron chi connectivity index (χ4n) is 0.977. The zero-order valence-corrected chi connectivity index (χ0v) is 9.15. The molecule has 0 unspecified atom stereocenters. The molecule has 1 aromatic rings. The van der Waals surface area contributed by atoms with Gasteiger partial charge >= 0.3 is 0 Å². The lowest BCUT2D eigenvalue weighted by Gasteiger charge is -2.15. The summed E-state index contributed by atoms with van der Waals surface area (Å²) in [5, 5.41) is 0. The molecule has 2 nitrogen and oxygen atoms in total. The standard InChI is InChI=1S/C10H15NOS/c1-10(2,3)9(12)5-4-8-6-11-7-13-8/h6-7H,4-5H2,1-3H3. The molecule has 0 atom stereocenters. The molecule has 1 aromatic heterocycles. The van der Waals surface area contributed by atoms with E-state index in [4.69, 9.17) is 0 Å². The van der Waals surface area contributed by atoms with Crippen molar-refractivity contribution in [3.63, 3.8) is 0 Å². The molecule has 0 aromatic carbocycles. The van der Waals surface area contributed by atoms with Crippen molar-refractivity contribution in [2.75, 3.05) is 0 Å². The topological polar surface area (TPSA) is 30.0 Å². The molecule has 0 aliphatic carbocycles. The average molecular weight is 197 g/mol. The Morgan fingerprint density at radius 1 is 1.54 bits per heavy atom. The minimum absolute atomic E-state index is 0.204. The lowest BCUT2D eigenvalue weighted by Crippen LogP contribution is -2.20. The van der Waals surface area contributed by atoms with Crippen LogP contribution in [0.5, 0.6) is 0 Å². The molecule has 3 heteroatoms. The molecule has 72 valence electrons. The van der Waals surface area contributed by atoms with Gasteiger partial charge in [-0.1, -0.05) is 20.8 Å². The molecule has 0 saturated heterocycles. The van der Waals surface area contributed by atoms with E-state index in [0.717, 1.165) is 6.42 Å². The van der Waals surface area contributed by atoms with Gasteiger partial charge < -0.3 is 0 Å². The first-order chi connectivity index (χ1) is 6.00. The Morgan fingerprint density at radius 3 is 2.69 bits per heavy atom. The Labute approximate surface area is 83.0 Å². The predicted octanol–water partition coefficient (Wildman–Crippen LogP) is 2.69. The third kappa shape index (κ3) is 3.27. The fourth-order valence-corrected chi connectivity index (χ4v) is 1.58. The van der Waals surface area contributed by atoms with Gasteiger partial charge in [0.2, 0.25) is 0 Å². The Hall–Kier alpha value is -0.700. The zero-order valence-electron chi connectivity index (χ0n) is 8.33. The number of aryl methyl sites for hydroxylation is 1. The number of rotatable bonds is 3. The van der Waals surface area contributed by atoms with Gasteiger partial charge in [0.05, 0.1) is 5.51 Å². The predicted molar refractivity (Wildman–Crippen MR) is 54.9 cm³/mol. The van der Waals surface area contributed by atoms with Gasteiger partial charge in [-0.05, 0) is 6.42 Å². The maximum absolute atomic E-state index is 11.5. The number of ketones is 1. The quantitative estimate of drug-likeness (QED) is 0.745. The maximum Gasteiger partial charge on any atom is 0.138 e. The smallest absolute Gasteiger partial charge is 0.138 e. The molecule has 0 spiro atoms. The number of carbonyl (C=O) groups is 1.